The number of hydrogen-bond acceptors (Lipinski definition) is 5. The molecule has 1 aromatic carbocycles. The number of anilines is 1. The lowest BCUT2D eigenvalue weighted by Crippen LogP contribution is -2.27. The van der Waals surface area contributed by atoms with Crippen molar-refractivity contribution in [2.24, 2.45) is 0 Å². The van der Waals surface area contributed by atoms with Crippen molar-refractivity contribution in [3.05, 3.63) is 39.6 Å². The van der Waals surface area contributed by atoms with Crippen LogP contribution in [0, 0.1) is 0 Å². The number of rotatable bonds is 3. The molecule has 4 rings (SSSR count). The first-order valence-electron chi connectivity index (χ1n) is 9.22. The smallest absolute Gasteiger partial charge is 0.266 e. The molecule has 0 spiro atoms. The summed E-state index contributed by atoms with van der Waals surface area (Å²) in [7, 11) is 0. The van der Waals surface area contributed by atoms with Gasteiger partial charge < -0.3 is 4.90 Å². The second-order valence-corrected chi connectivity index (χ2v) is 9.05. The largest absolute Gasteiger partial charge is 0.348 e. The van der Waals surface area contributed by atoms with E-state index in [1.807, 2.05) is 26.8 Å². The summed E-state index contributed by atoms with van der Waals surface area (Å²) in [5, 5.41) is 9.81. The molecular formula is C19H20Cl2F2N6. The first-order valence-corrected chi connectivity index (χ1v) is 9.98. The van der Waals surface area contributed by atoms with E-state index in [1.165, 1.54) is 4.80 Å². The van der Waals surface area contributed by atoms with E-state index in [1.54, 1.807) is 17.0 Å². The quantitative estimate of drug-likeness (QED) is 0.589. The van der Waals surface area contributed by atoms with Gasteiger partial charge in [-0.3, -0.25) is 0 Å². The van der Waals surface area contributed by atoms with E-state index in [0.29, 0.717) is 32.9 Å². The fraction of sp³-hybridized carbons (Fsp3) is 0.474. The molecule has 0 radical (unpaired) electrons. The summed E-state index contributed by atoms with van der Waals surface area (Å²) in [4.78, 5) is 12.1. The van der Waals surface area contributed by atoms with E-state index in [-0.39, 0.29) is 24.9 Å². The van der Waals surface area contributed by atoms with E-state index in [2.05, 4.69) is 20.2 Å². The fourth-order valence-electron chi connectivity index (χ4n) is 3.20. The Morgan fingerprint density at radius 1 is 1.14 bits per heavy atom. The van der Waals surface area contributed by atoms with Gasteiger partial charge in [0, 0.05) is 18.4 Å². The van der Waals surface area contributed by atoms with Crippen LogP contribution in [0.25, 0.3) is 11.2 Å². The predicted molar refractivity (Wildman–Crippen MR) is 109 cm³/mol. The molecule has 154 valence electrons. The van der Waals surface area contributed by atoms with Crippen LogP contribution >= 0.6 is 23.2 Å². The highest BCUT2D eigenvalue weighted by atomic mass is 35.5. The van der Waals surface area contributed by atoms with Gasteiger partial charge in [0.2, 0.25) is 5.65 Å². The van der Waals surface area contributed by atoms with E-state index >= 15 is 0 Å². The summed E-state index contributed by atoms with van der Waals surface area (Å²) in [6.45, 7) is 5.98. The molecular weight excluding hydrogens is 421 g/mol. The Kier molecular flexibility index (Phi) is 4.90. The Labute approximate surface area is 176 Å². The van der Waals surface area contributed by atoms with Gasteiger partial charge in [-0.1, -0.05) is 56.1 Å². The topological polar surface area (TPSA) is 59.7 Å². The van der Waals surface area contributed by atoms with Crippen LogP contribution < -0.4 is 4.90 Å². The average molecular weight is 441 g/mol. The Morgan fingerprint density at radius 3 is 2.55 bits per heavy atom. The molecule has 0 N–H and O–H groups in total. The molecule has 1 aliphatic heterocycles. The molecule has 1 saturated heterocycles. The second-order valence-electron chi connectivity index (χ2n) is 8.26. The zero-order chi connectivity index (χ0) is 21.0. The van der Waals surface area contributed by atoms with Gasteiger partial charge in [0.05, 0.1) is 23.1 Å². The Morgan fingerprint density at radius 2 is 1.90 bits per heavy atom. The first-order chi connectivity index (χ1) is 13.5. The lowest BCUT2D eigenvalue weighted by atomic mass is 9.96. The van der Waals surface area contributed by atoms with Gasteiger partial charge in [0.25, 0.3) is 5.92 Å². The van der Waals surface area contributed by atoms with Gasteiger partial charge in [0.1, 0.15) is 5.82 Å². The summed E-state index contributed by atoms with van der Waals surface area (Å²) < 4.78 is 27.7. The van der Waals surface area contributed by atoms with Crippen LogP contribution in [0.15, 0.2) is 18.2 Å². The van der Waals surface area contributed by atoms with Crippen LogP contribution in [-0.4, -0.2) is 44.0 Å². The number of alkyl halides is 2. The molecule has 29 heavy (non-hydrogen) atoms. The Hall–Kier alpha value is -2.06. The Balaban J connectivity index is 1.80. The van der Waals surface area contributed by atoms with Gasteiger partial charge in [-0.2, -0.15) is 4.80 Å². The molecule has 0 bridgehead atoms. The van der Waals surface area contributed by atoms with Crippen molar-refractivity contribution in [3.8, 4) is 0 Å². The maximum Gasteiger partial charge on any atom is 0.266 e. The Bertz CT molecular complexity index is 1080. The highest BCUT2D eigenvalue weighted by Crippen LogP contribution is 2.34. The van der Waals surface area contributed by atoms with Crippen LogP contribution in [0.2, 0.25) is 10.0 Å². The molecule has 0 unspecified atom stereocenters. The summed E-state index contributed by atoms with van der Waals surface area (Å²) in [6.07, 6.45) is -0.213. The van der Waals surface area contributed by atoms with E-state index in [4.69, 9.17) is 23.2 Å². The molecule has 1 aliphatic rings. The van der Waals surface area contributed by atoms with Crippen molar-refractivity contribution in [2.75, 3.05) is 18.0 Å². The van der Waals surface area contributed by atoms with Gasteiger partial charge in [0.15, 0.2) is 11.3 Å². The van der Waals surface area contributed by atoms with Crippen molar-refractivity contribution in [2.45, 2.75) is 45.1 Å². The van der Waals surface area contributed by atoms with E-state index in [9.17, 15) is 8.78 Å². The minimum Gasteiger partial charge on any atom is -0.348 e. The lowest BCUT2D eigenvalue weighted by molar-refractivity contribution is 0.0257. The van der Waals surface area contributed by atoms with Crippen LogP contribution in [-0.2, 0) is 12.0 Å². The molecule has 6 nitrogen and oxygen atoms in total. The zero-order valence-electron chi connectivity index (χ0n) is 16.3. The summed E-state index contributed by atoms with van der Waals surface area (Å²) in [5.41, 5.74) is 1.14. The van der Waals surface area contributed by atoms with Crippen molar-refractivity contribution in [1.82, 2.24) is 25.0 Å². The van der Waals surface area contributed by atoms with E-state index < -0.39 is 12.5 Å². The third kappa shape index (κ3) is 4.00. The molecule has 2 aromatic heterocycles. The van der Waals surface area contributed by atoms with Crippen molar-refractivity contribution < 1.29 is 8.78 Å². The third-order valence-electron chi connectivity index (χ3n) is 4.76. The SMILES string of the molecule is CC(C)(C)c1nc(N2CCC(F)(F)C2)c2nn(Cc3cccc(Cl)c3Cl)nc2n1. The molecule has 10 heteroatoms. The summed E-state index contributed by atoms with van der Waals surface area (Å²) in [5.74, 6) is -1.83. The number of nitrogens with zero attached hydrogens (tertiary/aromatic N) is 6. The standard InChI is InChI=1S/C19H20Cl2F2N6/c1-18(2,3)17-24-15-14(16(25-17)28-8-7-19(22,23)10-28)26-29(27-15)9-11-5-4-6-12(20)13(11)21/h4-6H,7-10H2,1-3H3. The predicted octanol–water partition coefficient (Wildman–Crippen LogP) is 4.72. The molecule has 0 atom stereocenters. The fourth-order valence-corrected chi connectivity index (χ4v) is 3.58. The third-order valence-corrected chi connectivity index (χ3v) is 5.61. The second kappa shape index (κ2) is 7.02. The summed E-state index contributed by atoms with van der Waals surface area (Å²) >= 11 is 12.4. The van der Waals surface area contributed by atoms with Crippen LogP contribution in [0.4, 0.5) is 14.6 Å². The van der Waals surface area contributed by atoms with Gasteiger partial charge in [-0.25, -0.2) is 18.7 Å². The highest BCUT2D eigenvalue weighted by molar-refractivity contribution is 6.42. The number of benzene rings is 1. The average Bonchev–Trinajstić information content (AvgIpc) is 3.19. The highest BCUT2D eigenvalue weighted by Gasteiger charge is 2.40. The van der Waals surface area contributed by atoms with Crippen molar-refractivity contribution in [3.63, 3.8) is 0 Å². The normalized spacial score (nSPS) is 16.7. The van der Waals surface area contributed by atoms with E-state index in [0.717, 1.165) is 5.56 Å². The maximum atomic E-state index is 13.8. The molecule has 3 aromatic rings. The maximum absolute atomic E-state index is 13.8. The monoisotopic (exact) mass is 440 g/mol. The minimum absolute atomic E-state index is 0.204. The molecule has 0 amide bonds. The van der Waals surface area contributed by atoms with Crippen LogP contribution in [0.1, 0.15) is 38.6 Å². The van der Waals surface area contributed by atoms with Gasteiger partial charge in [-0.15, -0.1) is 10.2 Å². The van der Waals surface area contributed by atoms with Crippen LogP contribution in [0.3, 0.4) is 0 Å². The number of halogens is 4. The molecule has 1 fully saturated rings. The number of hydrogen-bond donors (Lipinski definition) is 0. The lowest BCUT2D eigenvalue weighted by Gasteiger charge is -2.21. The molecule has 0 aliphatic carbocycles. The molecule has 3 heterocycles. The zero-order valence-corrected chi connectivity index (χ0v) is 17.8. The minimum atomic E-state index is -2.75. The van der Waals surface area contributed by atoms with Crippen LogP contribution in [0.5, 0.6) is 0 Å². The van der Waals surface area contributed by atoms with Crippen molar-refractivity contribution >= 4 is 40.2 Å². The molecule has 0 saturated carbocycles. The summed E-state index contributed by atoms with van der Waals surface area (Å²) in [6, 6.07) is 5.32. The van der Waals surface area contributed by atoms with Gasteiger partial charge >= 0.3 is 0 Å². The van der Waals surface area contributed by atoms with Gasteiger partial charge in [-0.05, 0) is 11.6 Å². The number of aromatic nitrogens is 5. The first kappa shape index (κ1) is 20.2. The van der Waals surface area contributed by atoms with Crippen molar-refractivity contribution in [1.29, 1.82) is 0 Å². The number of fused-ring (bicyclic) bond motifs is 1.